The molecular formula is C17H17NO2. The first kappa shape index (κ1) is 12.7. The highest BCUT2D eigenvalue weighted by Gasteiger charge is 2.29. The number of Topliss-reactive ketones (excluding diaryl/α,β-unsaturated/α-hetero) is 1. The van der Waals surface area contributed by atoms with Crippen LogP contribution in [0.1, 0.15) is 39.6 Å². The van der Waals surface area contributed by atoms with E-state index in [1.165, 1.54) is 0 Å². The lowest BCUT2D eigenvalue weighted by Gasteiger charge is -2.28. The first-order valence-corrected chi connectivity index (χ1v) is 6.72. The SMILES string of the molecule is Cc1c(N)cc2c(c1C)OC(c1ccccc1)CC2=O. The molecule has 0 saturated heterocycles. The highest BCUT2D eigenvalue weighted by molar-refractivity contribution is 6.01. The summed E-state index contributed by atoms with van der Waals surface area (Å²) in [5.74, 6) is 0.775. The molecule has 3 nitrogen and oxygen atoms in total. The Hall–Kier alpha value is -2.29. The van der Waals surface area contributed by atoms with Crippen molar-refractivity contribution in [2.75, 3.05) is 5.73 Å². The van der Waals surface area contributed by atoms with Gasteiger partial charge in [-0.05, 0) is 36.6 Å². The summed E-state index contributed by atoms with van der Waals surface area (Å²) in [4.78, 5) is 12.3. The van der Waals surface area contributed by atoms with Crippen LogP contribution in [0.2, 0.25) is 0 Å². The average Bonchev–Trinajstić information content (AvgIpc) is 2.47. The van der Waals surface area contributed by atoms with Crippen LogP contribution in [0.25, 0.3) is 0 Å². The van der Waals surface area contributed by atoms with E-state index in [-0.39, 0.29) is 11.9 Å². The molecule has 20 heavy (non-hydrogen) atoms. The smallest absolute Gasteiger partial charge is 0.170 e. The van der Waals surface area contributed by atoms with Gasteiger partial charge in [0, 0.05) is 5.69 Å². The summed E-state index contributed by atoms with van der Waals surface area (Å²) in [6, 6.07) is 11.6. The molecule has 2 aromatic carbocycles. The Morgan fingerprint density at radius 3 is 2.55 bits per heavy atom. The Balaban J connectivity index is 2.07. The molecule has 1 aliphatic heterocycles. The highest BCUT2D eigenvalue weighted by atomic mass is 16.5. The van der Waals surface area contributed by atoms with E-state index in [0.717, 1.165) is 16.7 Å². The molecule has 102 valence electrons. The van der Waals surface area contributed by atoms with Gasteiger partial charge in [-0.2, -0.15) is 0 Å². The van der Waals surface area contributed by atoms with Crippen molar-refractivity contribution in [3.05, 3.63) is 58.7 Å². The molecule has 0 aliphatic carbocycles. The van der Waals surface area contributed by atoms with Crippen LogP contribution < -0.4 is 10.5 Å². The summed E-state index contributed by atoms with van der Waals surface area (Å²) in [7, 11) is 0. The zero-order valence-corrected chi connectivity index (χ0v) is 11.6. The van der Waals surface area contributed by atoms with Gasteiger partial charge in [0.1, 0.15) is 11.9 Å². The van der Waals surface area contributed by atoms with E-state index in [1.54, 1.807) is 6.07 Å². The van der Waals surface area contributed by atoms with E-state index >= 15 is 0 Å². The van der Waals surface area contributed by atoms with Crippen molar-refractivity contribution in [2.24, 2.45) is 0 Å². The average molecular weight is 267 g/mol. The summed E-state index contributed by atoms with van der Waals surface area (Å²) in [5.41, 5.74) is 10.2. The molecular weight excluding hydrogens is 250 g/mol. The fraction of sp³-hybridized carbons (Fsp3) is 0.235. The lowest BCUT2D eigenvalue weighted by molar-refractivity contribution is 0.0848. The van der Waals surface area contributed by atoms with Gasteiger partial charge in [0.15, 0.2) is 5.78 Å². The van der Waals surface area contributed by atoms with Gasteiger partial charge in [-0.3, -0.25) is 4.79 Å². The fourth-order valence-electron chi connectivity index (χ4n) is 2.59. The first-order chi connectivity index (χ1) is 9.58. The van der Waals surface area contributed by atoms with Gasteiger partial charge in [0.2, 0.25) is 0 Å². The molecule has 0 fully saturated rings. The normalized spacial score (nSPS) is 17.5. The minimum absolute atomic E-state index is 0.0925. The molecule has 0 aromatic heterocycles. The van der Waals surface area contributed by atoms with E-state index in [1.807, 2.05) is 44.2 Å². The predicted molar refractivity (Wildman–Crippen MR) is 79.1 cm³/mol. The molecule has 0 bridgehead atoms. The number of anilines is 1. The third kappa shape index (κ3) is 1.95. The van der Waals surface area contributed by atoms with E-state index < -0.39 is 0 Å². The Kier molecular flexibility index (Phi) is 2.97. The number of fused-ring (bicyclic) bond motifs is 1. The Morgan fingerprint density at radius 1 is 1.15 bits per heavy atom. The zero-order valence-electron chi connectivity index (χ0n) is 11.6. The van der Waals surface area contributed by atoms with Crippen LogP contribution in [0, 0.1) is 13.8 Å². The number of nitrogen functional groups attached to an aromatic ring is 1. The number of hydrogen-bond donors (Lipinski definition) is 1. The lowest BCUT2D eigenvalue weighted by Crippen LogP contribution is -2.21. The van der Waals surface area contributed by atoms with Crippen molar-refractivity contribution < 1.29 is 9.53 Å². The summed E-state index contributed by atoms with van der Waals surface area (Å²) in [6.07, 6.45) is 0.150. The van der Waals surface area contributed by atoms with E-state index in [2.05, 4.69) is 0 Å². The number of ether oxygens (including phenoxy) is 1. The highest BCUT2D eigenvalue weighted by Crippen LogP contribution is 2.39. The number of benzene rings is 2. The molecule has 0 radical (unpaired) electrons. The van der Waals surface area contributed by atoms with Gasteiger partial charge >= 0.3 is 0 Å². The largest absolute Gasteiger partial charge is 0.484 e. The van der Waals surface area contributed by atoms with Crippen LogP contribution in [-0.4, -0.2) is 5.78 Å². The van der Waals surface area contributed by atoms with Gasteiger partial charge in [0.05, 0.1) is 12.0 Å². The van der Waals surface area contributed by atoms with Crippen LogP contribution in [0.15, 0.2) is 36.4 Å². The van der Waals surface area contributed by atoms with Gasteiger partial charge in [-0.25, -0.2) is 0 Å². The van der Waals surface area contributed by atoms with Crippen LogP contribution in [0.3, 0.4) is 0 Å². The van der Waals surface area contributed by atoms with Crippen LogP contribution in [-0.2, 0) is 0 Å². The molecule has 0 saturated carbocycles. The van der Waals surface area contributed by atoms with Crippen LogP contribution in [0.5, 0.6) is 5.75 Å². The summed E-state index contributed by atoms with van der Waals surface area (Å²) in [5, 5.41) is 0. The lowest BCUT2D eigenvalue weighted by atomic mass is 9.92. The second kappa shape index (κ2) is 4.67. The molecule has 2 aromatic rings. The van der Waals surface area contributed by atoms with Crippen molar-refractivity contribution in [3.63, 3.8) is 0 Å². The van der Waals surface area contributed by atoms with E-state index in [4.69, 9.17) is 10.5 Å². The monoisotopic (exact) mass is 267 g/mol. The third-order valence-corrected chi connectivity index (χ3v) is 3.98. The summed E-state index contributed by atoms with van der Waals surface area (Å²) >= 11 is 0. The quantitative estimate of drug-likeness (QED) is 0.803. The topological polar surface area (TPSA) is 52.3 Å². The molecule has 0 amide bonds. The number of hydrogen-bond acceptors (Lipinski definition) is 3. The van der Waals surface area contributed by atoms with E-state index in [0.29, 0.717) is 23.4 Å². The Bertz CT molecular complexity index is 677. The number of carbonyl (C=O) groups is 1. The standard InChI is InChI=1S/C17H17NO2/c1-10-11(2)17-13(8-14(10)18)15(19)9-16(20-17)12-6-4-3-5-7-12/h3-8,16H,9,18H2,1-2H3. The van der Waals surface area contributed by atoms with Crippen LogP contribution in [0.4, 0.5) is 5.69 Å². The maximum absolute atomic E-state index is 12.3. The fourth-order valence-corrected chi connectivity index (χ4v) is 2.59. The Morgan fingerprint density at radius 2 is 1.85 bits per heavy atom. The molecule has 2 N–H and O–H groups in total. The number of nitrogens with two attached hydrogens (primary N) is 1. The van der Waals surface area contributed by atoms with Crippen molar-refractivity contribution in [1.82, 2.24) is 0 Å². The zero-order chi connectivity index (χ0) is 14.3. The number of ketones is 1. The second-order valence-corrected chi connectivity index (χ2v) is 5.24. The minimum Gasteiger partial charge on any atom is -0.484 e. The first-order valence-electron chi connectivity index (χ1n) is 6.72. The maximum atomic E-state index is 12.3. The molecule has 1 unspecified atom stereocenters. The van der Waals surface area contributed by atoms with E-state index in [9.17, 15) is 4.79 Å². The predicted octanol–water partition coefficient (Wildman–Crippen LogP) is 3.59. The van der Waals surface area contributed by atoms with Gasteiger partial charge in [-0.1, -0.05) is 30.3 Å². The van der Waals surface area contributed by atoms with Gasteiger partial charge < -0.3 is 10.5 Å². The summed E-state index contributed by atoms with van der Waals surface area (Å²) in [6.45, 7) is 3.90. The van der Waals surface area contributed by atoms with Crippen molar-refractivity contribution in [2.45, 2.75) is 26.4 Å². The molecule has 0 spiro atoms. The minimum atomic E-state index is -0.210. The molecule has 3 heteroatoms. The summed E-state index contributed by atoms with van der Waals surface area (Å²) < 4.78 is 6.08. The molecule has 1 atom stereocenters. The van der Waals surface area contributed by atoms with Crippen molar-refractivity contribution in [3.8, 4) is 5.75 Å². The third-order valence-electron chi connectivity index (χ3n) is 3.98. The Labute approximate surface area is 118 Å². The molecule has 1 aliphatic rings. The second-order valence-electron chi connectivity index (χ2n) is 5.24. The molecule has 3 rings (SSSR count). The van der Waals surface area contributed by atoms with Crippen molar-refractivity contribution in [1.29, 1.82) is 0 Å². The van der Waals surface area contributed by atoms with Gasteiger partial charge in [0.25, 0.3) is 0 Å². The van der Waals surface area contributed by atoms with Crippen LogP contribution >= 0.6 is 0 Å². The van der Waals surface area contributed by atoms with Gasteiger partial charge in [-0.15, -0.1) is 0 Å². The number of carbonyl (C=O) groups excluding carboxylic acids is 1. The van der Waals surface area contributed by atoms with Crippen molar-refractivity contribution >= 4 is 11.5 Å². The maximum Gasteiger partial charge on any atom is 0.170 e. The molecule has 1 heterocycles. The number of rotatable bonds is 1.